The van der Waals surface area contributed by atoms with Gasteiger partial charge in [-0.2, -0.15) is 0 Å². The Bertz CT molecular complexity index is 533. The first-order valence-corrected chi connectivity index (χ1v) is 9.96. The fraction of sp³-hybridized carbons (Fsp3) is 0.944. The topological polar surface area (TPSA) is 185 Å². The molecule has 0 aromatic rings. The van der Waals surface area contributed by atoms with E-state index in [0.717, 1.165) is 6.42 Å². The maximum Gasteiger partial charge on any atom is 0.335 e. The molecule has 0 aromatic carbocycles. The van der Waals surface area contributed by atoms with E-state index >= 15 is 0 Å². The van der Waals surface area contributed by atoms with Crippen molar-refractivity contribution >= 4 is 5.97 Å². The van der Waals surface area contributed by atoms with Crippen LogP contribution in [0.15, 0.2) is 0 Å². The normalized spacial score (nSPS) is 40.7. The lowest BCUT2D eigenvalue weighted by Crippen LogP contribution is -2.61. The van der Waals surface area contributed by atoms with Gasteiger partial charge in [0, 0.05) is 0 Å². The number of hydrogen-bond donors (Lipinski definition) is 6. The minimum absolute atomic E-state index is 0.221. The van der Waals surface area contributed by atoms with Gasteiger partial charge < -0.3 is 54.3 Å². The van der Waals surface area contributed by atoms with E-state index in [1.807, 2.05) is 6.92 Å². The molecule has 12 heteroatoms. The molecule has 6 N–H and O–H groups in total. The fourth-order valence-corrected chi connectivity index (χ4v) is 2.97. The van der Waals surface area contributed by atoms with Crippen molar-refractivity contribution in [3.05, 3.63) is 0 Å². The summed E-state index contributed by atoms with van der Waals surface area (Å²) in [5.41, 5.74) is 0. The molecule has 0 unspecified atom stereocenters. The van der Waals surface area contributed by atoms with Crippen molar-refractivity contribution in [3.63, 3.8) is 0 Å². The molecule has 12 nitrogen and oxygen atoms in total. The minimum atomic E-state index is -1.66. The lowest BCUT2D eigenvalue weighted by atomic mass is 9.99. The molecular weight excluding hydrogens is 408 g/mol. The van der Waals surface area contributed by atoms with E-state index in [1.54, 1.807) is 0 Å². The first-order valence-electron chi connectivity index (χ1n) is 9.96. The lowest BCUT2D eigenvalue weighted by Gasteiger charge is -2.41. The molecular formula is C18H32O12. The number of rotatable bonds is 9. The molecule has 0 amide bonds. The summed E-state index contributed by atoms with van der Waals surface area (Å²) in [6.07, 6.45) is -12.7. The van der Waals surface area contributed by atoms with Crippen molar-refractivity contribution in [2.24, 2.45) is 0 Å². The molecule has 0 aromatic heterocycles. The van der Waals surface area contributed by atoms with Gasteiger partial charge in [0.2, 0.25) is 0 Å². The summed E-state index contributed by atoms with van der Waals surface area (Å²) < 4.78 is 26.2. The summed E-state index contributed by atoms with van der Waals surface area (Å²) in [5.74, 6) is -0.668. The summed E-state index contributed by atoms with van der Waals surface area (Å²) in [5, 5.41) is 59.4. The molecule has 176 valence electrons. The van der Waals surface area contributed by atoms with Gasteiger partial charge in [-0.3, -0.25) is 0 Å². The first kappa shape index (κ1) is 25.3. The molecule has 2 rings (SSSR count). The molecule has 2 aliphatic rings. The Kier molecular flexibility index (Phi) is 9.81. The Morgan fingerprint density at radius 3 is 2.33 bits per heavy atom. The van der Waals surface area contributed by atoms with Crippen LogP contribution in [-0.4, -0.2) is 118 Å². The van der Waals surface area contributed by atoms with Crippen LogP contribution in [0.2, 0.25) is 0 Å². The highest BCUT2D eigenvalue weighted by Gasteiger charge is 2.46. The highest BCUT2D eigenvalue weighted by atomic mass is 16.7. The van der Waals surface area contributed by atoms with Crippen molar-refractivity contribution in [1.82, 2.24) is 0 Å². The standard InChI is InChI=1S/C18H32O12/c1-3-4-5-26-16(25)8(2)29-18-15(24)13(22)12(21)10(30-18)7-28-17-14(23)11(20)9(19)6-27-17/h8-15,17-24H,3-7H2,1-2H3/t8-,9+,10-,11+,12-,13+,14-,15-,17+,18-/m1/s1. The van der Waals surface area contributed by atoms with Gasteiger partial charge >= 0.3 is 5.97 Å². The third kappa shape index (κ3) is 6.29. The van der Waals surface area contributed by atoms with E-state index in [9.17, 15) is 35.4 Å². The molecule has 2 aliphatic heterocycles. The van der Waals surface area contributed by atoms with Crippen molar-refractivity contribution in [2.75, 3.05) is 19.8 Å². The van der Waals surface area contributed by atoms with Crippen LogP contribution in [-0.2, 0) is 28.5 Å². The van der Waals surface area contributed by atoms with E-state index < -0.39 is 74.0 Å². The molecule has 0 aliphatic carbocycles. The van der Waals surface area contributed by atoms with Crippen LogP contribution in [0.25, 0.3) is 0 Å². The number of unbranched alkanes of at least 4 members (excludes halogenated alkanes) is 1. The molecule has 2 fully saturated rings. The maximum absolute atomic E-state index is 11.9. The van der Waals surface area contributed by atoms with E-state index in [1.165, 1.54) is 6.92 Å². The van der Waals surface area contributed by atoms with Crippen molar-refractivity contribution in [1.29, 1.82) is 0 Å². The molecule has 10 atom stereocenters. The average Bonchev–Trinajstić information content (AvgIpc) is 2.72. The minimum Gasteiger partial charge on any atom is -0.464 e. The van der Waals surface area contributed by atoms with Gasteiger partial charge in [0.05, 0.1) is 19.8 Å². The summed E-state index contributed by atoms with van der Waals surface area (Å²) in [4.78, 5) is 11.9. The molecule has 2 heterocycles. The van der Waals surface area contributed by atoms with Crippen molar-refractivity contribution in [3.8, 4) is 0 Å². The first-order chi connectivity index (χ1) is 14.2. The fourth-order valence-electron chi connectivity index (χ4n) is 2.97. The van der Waals surface area contributed by atoms with E-state index in [4.69, 9.17) is 23.7 Å². The quantitative estimate of drug-likeness (QED) is 0.158. The van der Waals surface area contributed by atoms with Gasteiger partial charge in [-0.1, -0.05) is 13.3 Å². The zero-order valence-electron chi connectivity index (χ0n) is 16.9. The molecule has 0 radical (unpaired) electrons. The van der Waals surface area contributed by atoms with E-state index in [2.05, 4.69) is 0 Å². The molecule has 2 saturated heterocycles. The average molecular weight is 440 g/mol. The summed E-state index contributed by atoms with van der Waals surface area (Å²) in [6.45, 7) is 2.87. The second-order valence-corrected chi connectivity index (χ2v) is 7.40. The highest BCUT2D eigenvalue weighted by molar-refractivity contribution is 5.74. The molecule has 0 spiro atoms. The van der Waals surface area contributed by atoms with Crippen LogP contribution < -0.4 is 0 Å². The number of carbonyl (C=O) groups is 1. The Morgan fingerprint density at radius 1 is 1.00 bits per heavy atom. The monoisotopic (exact) mass is 440 g/mol. The van der Waals surface area contributed by atoms with Crippen LogP contribution in [0.1, 0.15) is 26.7 Å². The van der Waals surface area contributed by atoms with E-state index in [-0.39, 0.29) is 13.2 Å². The van der Waals surface area contributed by atoms with Gasteiger partial charge in [0.15, 0.2) is 18.7 Å². The predicted molar refractivity (Wildman–Crippen MR) is 96.8 cm³/mol. The zero-order valence-corrected chi connectivity index (χ0v) is 16.9. The van der Waals surface area contributed by atoms with Crippen LogP contribution >= 0.6 is 0 Å². The largest absolute Gasteiger partial charge is 0.464 e. The van der Waals surface area contributed by atoms with Gasteiger partial charge in [-0.25, -0.2) is 4.79 Å². The number of aliphatic hydroxyl groups excluding tert-OH is 6. The van der Waals surface area contributed by atoms with Crippen LogP contribution in [0.5, 0.6) is 0 Å². The molecule has 30 heavy (non-hydrogen) atoms. The Hall–Kier alpha value is -0.930. The van der Waals surface area contributed by atoms with Crippen molar-refractivity contribution < 1.29 is 59.1 Å². The molecule has 0 bridgehead atoms. The number of esters is 1. The van der Waals surface area contributed by atoms with Gasteiger partial charge in [0.1, 0.15) is 42.7 Å². The highest BCUT2D eigenvalue weighted by Crippen LogP contribution is 2.25. The van der Waals surface area contributed by atoms with E-state index in [0.29, 0.717) is 6.42 Å². The van der Waals surface area contributed by atoms with Crippen LogP contribution in [0, 0.1) is 0 Å². The number of ether oxygens (including phenoxy) is 5. The third-order valence-corrected chi connectivity index (χ3v) is 4.96. The Balaban J connectivity index is 1.91. The van der Waals surface area contributed by atoms with Crippen molar-refractivity contribution in [2.45, 2.75) is 88.1 Å². The zero-order chi connectivity index (χ0) is 22.4. The summed E-state index contributed by atoms with van der Waals surface area (Å²) in [6, 6.07) is 0. The predicted octanol–water partition coefficient (Wildman–Crippen LogP) is -3.00. The van der Waals surface area contributed by atoms with Gasteiger partial charge in [-0.15, -0.1) is 0 Å². The maximum atomic E-state index is 11.9. The number of carbonyl (C=O) groups excluding carboxylic acids is 1. The summed E-state index contributed by atoms with van der Waals surface area (Å²) in [7, 11) is 0. The summed E-state index contributed by atoms with van der Waals surface area (Å²) >= 11 is 0. The lowest BCUT2D eigenvalue weighted by molar-refractivity contribution is -0.325. The second kappa shape index (κ2) is 11.6. The van der Waals surface area contributed by atoms with Gasteiger partial charge in [-0.05, 0) is 13.3 Å². The number of hydrogen-bond acceptors (Lipinski definition) is 12. The second-order valence-electron chi connectivity index (χ2n) is 7.40. The smallest absolute Gasteiger partial charge is 0.335 e. The molecule has 0 saturated carbocycles. The Labute approximate surface area is 173 Å². The number of aliphatic hydroxyl groups is 6. The Morgan fingerprint density at radius 2 is 1.67 bits per heavy atom. The van der Waals surface area contributed by atoms with Crippen LogP contribution in [0.4, 0.5) is 0 Å². The third-order valence-electron chi connectivity index (χ3n) is 4.96. The van der Waals surface area contributed by atoms with Gasteiger partial charge in [0.25, 0.3) is 0 Å². The van der Waals surface area contributed by atoms with Crippen LogP contribution in [0.3, 0.4) is 0 Å². The SMILES string of the molecule is CCCCOC(=O)[C@@H](C)O[C@@H]1O[C@H](CO[C@@H]2OC[C@H](O)[C@H](O)[C@H]2O)[C@@H](O)[C@H](O)[C@H]1O.